The molecule has 0 radical (unpaired) electrons. The van der Waals surface area contributed by atoms with Gasteiger partial charge in [-0.25, -0.2) is 12.8 Å². The van der Waals surface area contributed by atoms with Crippen molar-refractivity contribution in [2.75, 3.05) is 42.2 Å². The zero-order chi connectivity index (χ0) is 18.9. The summed E-state index contributed by atoms with van der Waals surface area (Å²) in [4.78, 5) is 14.5. The molecule has 7 nitrogen and oxygen atoms in total. The summed E-state index contributed by atoms with van der Waals surface area (Å²) in [6.07, 6.45) is 0.964. The molecule has 0 aromatic heterocycles. The van der Waals surface area contributed by atoms with Gasteiger partial charge in [-0.2, -0.15) is 0 Å². The van der Waals surface area contributed by atoms with Crippen molar-refractivity contribution in [3.05, 3.63) is 58.4 Å². The molecule has 1 aliphatic heterocycles. The van der Waals surface area contributed by atoms with Crippen LogP contribution in [0.1, 0.15) is 0 Å². The lowest BCUT2D eigenvalue weighted by Crippen LogP contribution is -2.46. The maximum absolute atomic E-state index is 13.1. The fourth-order valence-corrected chi connectivity index (χ4v) is 3.96. The van der Waals surface area contributed by atoms with Crippen molar-refractivity contribution >= 4 is 26.9 Å². The topological polar surface area (TPSA) is 83.8 Å². The van der Waals surface area contributed by atoms with Crippen molar-refractivity contribution in [1.29, 1.82) is 0 Å². The zero-order valence-corrected chi connectivity index (χ0v) is 14.9. The number of piperazine rings is 1. The fraction of sp³-hybridized carbons (Fsp3) is 0.294. The number of para-hydroxylation sites is 1. The average Bonchev–Trinajstić information content (AvgIpc) is 2.61. The Morgan fingerprint density at radius 1 is 1.00 bits per heavy atom. The van der Waals surface area contributed by atoms with E-state index in [9.17, 15) is 22.9 Å². The summed E-state index contributed by atoms with van der Waals surface area (Å²) in [5.41, 5.74) is 0.798. The quantitative estimate of drug-likeness (QED) is 0.599. The molecular weight excluding hydrogens is 361 g/mol. The van der Waals surface area contributed by atoms with Crippen LogP contribution in [-0.2, 0) is 9.84 Å². The van der Waals surface area contributed by atoms with Crippen LogP contribution in [0.5, 0.6) is 0 Å². The second kappa shape index (κ2) is 6.91. The lowest BCUT2D eigenvalue weighted by Gasteiger charge is -2.37. The van der Waals surface area contributed by atoms with Gasteiger partial charge in [0.1, 0.15) is 16.4 Å². The number of benzene rings is 2. The minimum atomic E-state index is -3.71. The molecule has 1 saturated heterocycles. The Morgan fingerprint density at radius 2 is 1.58 bits per heavy atom. The van der Waals surface area contributed by atoms with Gasteiger partial charge in [0.15, 0.2) is 9.84 Å². The van der Waals surface area contributed by atoms with E-state index in [4.69, 9.17) is 0 Å². The first-order valence-electron chi connectivity index (χ1n) is 8.00. The Labute approximate surface area is 150 Å². The van der Waals surface area contributed by atoms with Gasteiger partial charge in [0.2, 0.25) is 0 Å². The molecule has 138 valence electrons. The Kier molecular flexibility index (Phi) is 4.82. The van der Waals surface area contributed by atoms with Gasteiger partial charge in [-0.15, -0.1) is 0 Å². The molecule has 0 atom stereocenters. The average molecular weight is 379 g/mol. The third-order valence-corrected chi connectivity index (χ3v) is 5.50. The number of anilines is 2. The third kappa shape index (κ3) is 3.62. The van der Waals surface area contributed by atoms with E-state index in [0.717, 1.165) is 11.9 Å². The van der Waals surface area contributed by atoms with Gasteiger partial charge in [-0.05, 0) is 36.4 Å². The van der Waals surface area contributed by atoms with Crippen molar-refractivity contribution in [1.82, 2.24) is 0 Å². The van der Waals surface area contributed by atoms with Crippen molar-refractivity contribution in [3.8, 4) is 0 Å². The van der Waals surface area contributed by atoms with Crippen molar-refractivity contribution < 1.29 is 17.7 Å². The molecule has 0 aliphatic carbocycles. The number of nitro groups is 1. The number of nitro benzene ring substituents is 1. The summed E-state index contributed by atoms with van der Waals surface area (Å²) < 4.78 is 36.8. The summed E-state index contributed by atoms with van der Waals surface area (Å²) in [6.45, 7) is 2.16. The van der Waals surface area contributed by atoms with E-state index >= 15 is 0 Å². The van der Waals surface area contributed by atoms with E-state index in [-0.39, 0.29) is 16.4 Å². The van der Waals surface area contributed by atoms with E-state index in [1.165, 1.54) is 24.3 Å². The Balaban J connectivity index is 1.85. The molecule has 26 heavy (non-hydrogen) atoms. The minimum absolute atomic E-state index is 0.277. The maximum atomic E-state index is 13.1. The van der Waals surface area contributed by atoms with Crippen LogP contribution >= 0.6 is 0 Å². The predicted octanol–water partition coefficient (Wildman–Crippen LogP) is 2.46. The van der Waals surface area contributed by atoms with Gasteiger partial charge in [-0.1, -0.05) is 6.07 Å². The molecule has 2 aromatic carbocycles. The van der Waals surface area contributed by atoms with Crippen molar-refractivity contribution in [2.45, 2.75) is 4.90 Å². The number of rotatable bonds is 4. The highest BCUT2D eigenvalue weighted by molar-refractivity contribution is 7.90. The molecule has 1 aliphatic rings. The van der Waals surface area contributed by atoms with Crippen LogP contribution in [0.15, 0.2) is 47.4 Å². The SMILES string of the molecule is CS(=O)(=O)c1cccc(N2CCN(c3ccc(F)cc3)CC2)c1[N+](=O)[O-]. The monoisotopic (exact) mass is 379 g/mol. The first-order valence-corrected chi connectivity index (χ1v) is 9.89. The van der Waals surface area contributed by atoms with Gasteiger partial charge in [0.05, 0.1) is 4.92 Å². The lowest BCUT2D eigenvalue weighted by molar-refractivity contribution is -0.387. The maximum Gasteiger partial charge on any atom is 0.311 e. The van der Waals surface area contributed by atoms with Crippen LogP contribution in [0, 0.1) is 15.9 Å². The lowest BCUT2D eigenvalue weighted by atomic mass is 10.2. The largest absolute Gasteiger partial charge is 0.368 e. The molecule has 1 fully saturated rings. The molecule has 0 bridgehead atoms. The smallest absolute Gasteiger partial charge is 0.311 e. The van der Waals surface area contributed by atoms with Crippen LogP contribution in [0.3, 0.4) is 0 Å². The van der Waals surface area contributed by atoms with Gasteiger partial charge >= 0.3 is 5.69 Å². The Bertz CT molecular complexity index is 924. The number of sulfone groups is 1. The number of hydrogen-bond donors (Lipinski definition) is 0. The predicted molar refractivity (Wildman–Crippen MR) is 97.0 cm³/mol. The highest BCUT2D eigenvalue weighted by atomic mass is 32.2. The summed E-state index contributed by atoms with van der Waals surface area (Å²) in [6, 6.07) is 10.5. The third-order valence-electron chi connectivity index (χ3n) is 4.37. The fourth-order valence-electron chi connectivity index (χ4n) is 3.11. The van der Waals surface area contributed by atoms with E-state index < -0.39 is 14.8 Å². The molecular formula is C17H18FN3O4S. The molecule has 0 unspecified atom stereocenters. The zero-order valence-electron chi connectivity index (χ0n) is 14.1. The number of nitrogens with zero attached hydrogens (tertiary/aromatic N) is 3. The molecule has 9 heteroatoms. The minimum Gasteiger partial charge on any atom is -0.368 e. The number of hydrogen-bond acceptors (Lipinski definition) is 6. The second-order valence-corrected chi connectivity index (χ2v) is 8.09. The summed E-state index contributed by atoms with van der Waals surface area (Å²) in [5.74, 6) is -0.305. The summed E-state index contributed by atoms with van der Waals surface area (Å²) >= 11 is 0. The summed E-state index contributed by atoms with van der Waals surface area (Å²) in [5, 5.41) is 11.5. The Morgan fingerprint density at radius 3 is 2.12 bits per heavy atom. The van der Waals surface area contributed by atoms with Crippen LogP contribution in [0.4, 0.5) is 21.5 Å². The van der Waals surface area contributed by atoms with Crippen LogP contribution in [0.25, 0.3) is 0 Å². The molecule has 0 spiro atoms. The van der Waals surface area contributed by atoms with E-state index in [1.807, 2.05) is 4.90 Å². The molecule has 2 aromatic rings. The van der Waals surface area contributed by atoms with E-state index in [0.29, 0.717) is 31.9 Å². The highest BCUT2D eigenvalue weighted by Gasteiger charge is 2.30. The first kappa shape index (κ1) is 18.1. The molecule has 1 heterocycles. The van der Waals surface area contributed by atoms with Gasteiger partial charge < -0.3 is 9.80 Å². The van der Waals surface area contributed by atoms with Gasteiger partial charge in [0.25, 0.3) is 0 Å². The standard InChI is InChI=1S/C17H18FN3O4S/c1-26(24,25)16-4-2-3-15(17(16)21(22)23)20-11-9-19(10-12-20)14-7-5-13(18)6-8-14/h2-8H,9-12H2,1H3. The van der Waals surface area contributed by atoms with E-state index in [1.54, 1.807) is 18.2 Å². The van der Waals surface area contributed by atoms with Gasteiger partial charge in [-0.3, -0.25) is 10.1 Å². The van der Waals surface area contributed by atoms with Gasteiger partial charge in [0, 0.05) is 38.1 Å². The molecule has 3 rings (SSSR count). The highest BCUT2D eigenvalue weighted by Crippen LogP contribution is 2.35. The molecule has 0 saturated carbocycles. The first-order chi connectivity index (χ1) is 12.3. The van der Waals surface area contributed by atoms with Crippen LogP contribution in [0.2, 0.25) is 0 Å². The Hall–Kier alpha value is -2.68. The molecule has 0 amide bonds. The van der Waals surface area contributed by atoms with Crippen LogP contribution < -0.4 is 9.80 Å². The van der Waals surface area contributed by atoms with E-state index in [2.05, 4.69) is 4.90 Å². The second-order valence-electron chi connectivity index (χ2n) is 6.10. The normalized spacial score (nSPS) is 15.2. The number of halogens is 1. The van der Waals surface area contributed by atoms with Crippen molar-refractivity contribution in [2.24, 2.45) is 0 Å². The van der Waals surface area contributed by atoms with Crippen molar-refractivity contribution in [3.63, 3.8) is 0 Å². The summed E-state index contributed by atoms with van der Waals surface area (Å²) in [7, 11) is -3.71. The van der Waals surface area contributed by atoms with Crippen LogP contribution in [-0.4, -0.2) is 45.8 Å². The molecule has 0 N–H and O–H groups in total.